The van der Waals surface area contributed by atoms with Crippen LogP contribution in [0.15, 0.2) is 0 Å². The molecule has 19 heavy (non-hydrogen) atoms. The maximum absolute atomic E-state index is 11.5. The molecule has 6 heteroatoms. The van der Waals surface area contributed by atoms with Gasteiger partial charge in [-0.2, -0.15) is 0 Å². The van der Waals surface area contributed by atoms with Crippen molar-refractivity contribution in [2.45, 2.75) is 26.3 Å². The normalized spacial score (nSPS) is 31.9. The summed E-state index contributed by atoms with van der Waals surface area (Å²) in [5.74, 6) is 0.614. The van der Waals surface area contributed by atoms with Crippen LogP contribution in [0.1, 0.15) is 20.3 Å². The summed E-state index contributed by atoms with van der Waals surface area (Å²) in [6, 6.07) is 0.471. The SMILES string of the molecule is CC(C)NCC1(CN2CCS(=O)(=O)CC2)CCOC1. The molecule has 2 saturated heterocycles. The standard InChI is InChI=1S/C13H26N2O3S/c1-12(2)14-9-13(3-6-18-11-13)10-15-4-7-19(16,17)8-5-15/h12,14H,3-11H2,1-2H3. The molecule has 0 aromatic carbocycles. The molecule has 0 amide bonds. The molecule has 2 aliphatic rings. The van der Waals surface area contributed by atoms with Gasteiger partial charge in [0.2, 0.25) is 0 Å². The smallest absolute Gasteiger partial charge is 0.152 e. The summed E-state index contributed by atoms with van der Waals surface area (Å²) in [5.41, 5.74) is 0.158. The van der Waals surface area contributed by atoms with E-state index in [4.69, 9.17) is 4.74 Å². The third-order valence-corrected chi connectivity index (χ3v) is 5.68. The Balaban J connectivity index is 1.90. The summed E-state index contributed by atoms with van der Waals surface area (Å²) in [6.07, 6.45) is 1.07. The van der Waals surface area contributed by atoms with Crippen LogP contribution in [-0.2, 0) is 14.6 Å². The van der Waals surface area contributed by atoms with Crippen molar-refractivity contribution in [3.63, 3.8) is 0 Å². The Kier molecular flexibility index (Phi) is 4.87. The van der Waals surface area contributed by atoms with Crippen molar-refractivity contribution in [2.24, 2.45) is 5.41 Å². The summed E-state index contributed by atoms with van der Waals surface area (Å²) in [6.45, 7) is 9.16. The average Bonchev–Trinajstić information content (AvgIpc) is 2.79. The molecule has 0 aromatic heterocycles. The molecule has 1 atom stereocenters. The van der Waals surface area contributed by atoms with Gasteiger partial charge in [0, 0.05) is 44.2 Å². The number of nitrogens with zero attached hydrogens (tertiary/aromatic N) is 1. The Morgan fingerprint density at radius 1 is 1.32 bits per heavy atom. The molecule has 5 nitrogen and oxygen atoms in total. The molecule has 112 valence electrons. The molecular weight excluding hydrogens is 264 g/mol. The molecule has 0 radical (unpaired) electrons. The van der Waals surface area contributed by atoms with Crippen molar-refractivity contribution < 1.29 is 13.2 Å². The number of sulfone groups is 1. The number of hydrogen-bond acceptors (Lipinski definition) is 5. The second-order valence-electron chi connectivity index (χ2n) is 6.27. The van der Waals surface area contributed by atoms with Gasteiger partial charge in [0.25, 0.3) is 0 Å². The first-order valence-electron chi connectivity index (χ1n) is 7.15. The summed E-state index contributed by atoms with van der Waals surface area (Å²) in [7, 11) is -2.78. The topological polar surface area (TPSA) is 58.6 Å². The monoisotopic (exact) mass is 290 g/mol. The lowest BCUT2D eigenvalue weighted by Crippen LogP contribution is -2.50. The lowest BCUT2D eigenvalue weighted by Gasteiger charge is -2.36. The second-order valence-corrected chi connectivity index (χ2v) is 8.57. The van der Waals surface area contributed by atoms with Gasteiger partial charge in [0.15, 0.2) is 9.84 Å². The maximum atomic E-state index is 11.5. The van der Waals surface area contributed by atoms with Crippen LogP contribution in [0.4, 0.5) is 0 Å². The maximum Gasteiger partial charge on any atom is 0.152 e. The van der Waals surface area contributed by atoms with E-state index in [1.807, 2.05) is 0 Å². The van der Waals surface area contributed by atoms with Crippen LogP contribution < -0.4 is 5.32 Å². The van der Waals surface area contributed by atoms with Gasteiger partial charge in [-0.3, -0.25) is 0 Å². The Bertz CT molecular complexity index is 375. The number of nitrogens with one attached hydrogen (secondary N) is 1. The van der Waals surface area contributed by atoms with E-state index in [2.05, 4.69) is 24.1 Å². The molecule has 0 bridgehead atoms. The Labute approximate surface area is 116 Å². The first-order chi connectivity index (χ1) is 8.91. The van der Waals surface area contributed by atoms with Crippen molar-refractivity contribution in [1.29, 1.82) is 0 Å². The van der Waals surface area contributed by atoms with Crippen LogP contribution in [0, 0.1) is 5.41 Å². The molecule has 1 N–H and O–H groups in total. The highest BCUT2D eigenvalue weighted by Gasteiger charge is 2.37. The van der Waals surface area contributed by atoms with Gasteiger partial charge in [-0.25, -0.2) is 8.42 Å². The largest absolute Gasteiger partial charge is 0.381 e. The number of hydrogen-bond donors (Lipinski definition) is 1. The molecule has 2 rings (SSSR count). The van der Waals surface area contributed by atoms with Gasteiger partial charge in [-0.15, -0.1) is 0 Å². The van der Waals surface area contributed by atoms with E-state index in [-0.39, 0.29) is 5.41 Å². The highest BCUT2D eigenvalue weighted by atomic mass is 32.2. The van der Waals surface area contributed by atoms with E-state index in [1.165, 1.54) is 0 Å². The third kappa shape index (κ3) is 4.41. The predicted molar refractivity (Wildman–Crippen MR) is 76.1 cm³/mol. The fourth-order valence-corrected chi connectivity index (χ4v) is 4.05. The zero-order valence-corrected chi connectivity index (χ0v) is 12.8. The minimum Gasteiger partial charge on any atom is -0.381 e. The lowest BCUT2D eigenvalue weighted by atomic mass is 9.86. The third-order valence-electron chi connectivity index (χ3n) is 4.07. The number of rotatable bonds is 5. The molecular formula is C13H26N2O3S. The van der Waals surface area contributed by atoms with E-state index in [9.17, 15) is 8.42 Å². The summed E-state index contributed by atoms with van der Waals surface area (Å²) >= 11 is 0. The minimum absolute atomic E-state index is 0.158. The molecule has 0 spiro atoms. The van der Waals surface area contributed by atoms with Crippen LogP contribution in [-0.4, -0.2) is 70.3 Å². The molecule has 0 saturated carbocycles. The first-order valence-corrected chi connectivity index (χ1v) is 8.97. The second kappa shape index (κ2) is 6.08. The summed E-state index contributed by atoms with van der Waals surface area (Å²) in [4.78, 5) is 2.29. The fraction of sp³-hybridized carbons (Fsp3) is 1.00. The van der Waals surface area contributed by atoms with Gasteiger partial charge in [-0.05, 0) is 6.42 Å². The minimum atomic E-state index is -2.78. The van der Waals surface area contributed by atoms with Gasteiger partial charge < -0.3 is 15.0 Å². The lowest BCUT2D eigenvalue weighted by molar-refractivity contribution is 0.110. The van der Waals surface area contributed by atoms with Crippen LogP contribution >= 0.6 is 0 Å². The van der Waals surface area contributed by atoms with E-state index >= 15 is 0 Å². The number of ether oxygens (including phenoxy) is 1. The van der Waals surface area contributed by atoms with Crippen LogP contribution in [0.3, 0.4) is 0 Å². The Morgan fingerprint density at radius 3 is 2.53 bits per heavy atom. The highest BCUT2D eigenvalue weighted by Crippen LogP contribution is 2.29. The first kappa shape index (κ1) is 15.2. The van der Waals surface area contributed by atoms with Crippen molar-refractivity contribution in [3.8, 4) is 0 Å². The summed E-state index contributed by atoms with van der Waals surface area (Å²) in [5, 5.41) is 3.51. The molecule has 2 fully saturated rings. The van der Waals surface area contributed by atoms with E-state index in [1.54, 1.807) is 0 Å². The molecule has 2 heterocycles. The van der Waals surface area contributed by atoms with E-state index in [0.29, 0.717) is 30.6 Å². The predicted octanol–water partition coefficient (Wildman–Crippen LogP) is 0.122. The van der Waals surface area contributed by atoms with E-state index in [0.717, 1.165) is 32.7 Å². The quantitative estimate of drug-likeness (QED) is 0.779. The van der Waals surface area contributed by atoms with Crippen molar-refractivity contribution in [3.05, 3.63) is 0 Å². The Hall–Kier alpha value is -0.170. The molecule has 2 aliphatic heterocycles. The fourth-order valence-electron chi connectivity index (χ4n) is 2.77. The van der Waals surface area contributed by atoms with Crippen LogP contribution in [0.2, 0.25) is 0 Å². The highest BCUT2D eigenvalue weighted by molar-refractivity contribution is 7.91. The molecule has 0 aromatic rings. The molecule has 1 unspecified atom stereocenters. The van der Waals surface area contributed by atoms with Gasteiger partial charge in [0.05, 0.1) is 18.1 Å². The van der Waals surface area contributed by atoms with Crippen molar-refractivity contribution in [2.75, 3.05) is 50.9 Å². The van der Waals surface area contributed by atoms with Crippen molar-refractivity contribution >= 4 is 9.84 Å². The average molecular weight is 290 g/mol. The van der Waals surface area contributed by atoms with Crippen molar-refractivity contribution in [1.82, 2.24) is 10.2 Å². The van der Waals surface area contributed by atoms with Gasteiger partial charge in [0.1, 0.15) is 0 Å². The van der Waals surface area contributed by atoms with Gasteiger partial charge in [-0.1, -0.05) is 13.8 Å². The van der Waals surface area contributed by atoms with Crippen LogP contribution in [0.5, 0.6) is 0 Å². The zero-order chi connectivity index (χ0) is 13.9. The van der Waals surface area contributed by atoms with Crippen LogP contribution in [0.25, 0.3) is 0 Å². The van der Waals surface area contributed by atoms with E-state index < -0.39 is 9.84 Å². The summed E-state index contributed by atoms with van der Waals surface area (Å²) < 4.78 is 28.5. The zero-order valence-electron chi connectivity index (χ0n) is 12.0. The molecule has 0 aliphatic carbocycles. The van der Waals surface area contributed by atoms with Gasteiger partial charge >= 0.3 is 0 Å². The Morgan fingerprint density at radius 2 is 2.00 bits per heavy atom.